The maximum absolute atomic E-state index is 7.92. The van der Waals surface area contributed by atoms with Crippen LogP contribution in [0.1, 0.15) is 6.42 Å². The van der Waals surface area contributed by atoms with E-state index in [4.69, 9.17) is 15.0 Å². The van der Waals surface area contributed by atoms with Gasteiger partial charge in [0.15, 0.2) is 0 Å². The fourth-order valence-corrected chi connectivity index (χ4v) is 0.584. The number of rotatable bonds is 1. The number of hydrogen-bond acceptors (Lipinski definition) is 3. The summed E-state index contributed by atoms with van der Waals surface area (Å²) in [6.45, 7) is 1.23. The van der Waals surface area contributed by atoms with Crippen molar-refractivity contribution in [2.45, 2.75) is 12.8 Å². The zero-order chi connectivity index (χ0) is 6.53. The minimum atomic E-state index is -0.691. The van der Waals surface area contributed by atoms with Crippen LogP contribution >= 0.6 is 0 Å². The summed E-state index contributed by atoms with van der Waals surface area (Å²) in [5.74, 6) is 0. The van der Waals surface area contributed by atoms with Crippen LogP contribution in [-0.4, -0.2) is 19.6 Å². The van der Waals surface area contributed by atoms with Crippen molar-refractivity contribution in [3.63, 3.8) is 0 Å². The predicted molar refractivity (Wildman–Crippen MR) is 29.5 cm³/mol. The predicted octanol–water partition coefficient (Wildman–Crippen LogP) is 1.02. The lowest BCUT2D eigenvalue weighted by molar-refractivity contribution is -0.173. The van der Waals surface area contributed by atoms with Crippen molar-refractivity contribution >= 4 is 0 Å². The van der Waals surface area contributed by atoms with Gasteiger partial charge in [0.1, 0.15) is 0 Å². The first kappa shape index (κ1) is 6.35. The second-order valence-electron chi connectivity index (χ2n) is 1.61. The SMILES string of the molecule is [N-]=[N+]=NC1OCCCO1. The molecule has 0 atom stereocenters. The molecule has 0 aromatic heterocycles. The van der Waals surface area contributed by atoms with Crippen LogP contribution in [0.25, 0.3) is 10.4 Å². The first-order valence-electron chi connectivity index (χ1n) is 2.71. The molecule has 0 saturated carbocycles. The molecule has 1 rings (SSSR count). The van der Waals surface area contributed by atoms with Crippen LogP contribution in [0.3, 0.4) is 0 Å². The van der Waals surface area contributed by atoms with Gasteiger partial charge in [-0.25, -0.2) is 0 Å². The highest BCUT2D eigenvalue weighted by atomic mass is 16.7. The van der Waals surface area contributed by atoms with Crippen LogP contribution in [-0.2, 0) is 9.47 Å². The molecule has 0 unspecified atom stereocenters. The quantitative estimate of drug-likeness (QED) is 0.301. The molecule has 1 aliphatic heterocycles. The molecular formula is C4H7N3O2. The Bertz CT molecular complexity index is 126. The largest absolute Gasteiger partial charge is 0.347 e. The van der Waals surface area contributed by atoms with E-state index in [1.165, 1.54) is 0 Å². The monoisotopic (exact) mass is 129 g/mol. The van der Waals surface area contributed by atoms with E-state index in [2.05, 4.69) is 10.0 Å². The Hall–Kier alpha value is -0.770. The Morgan fingerprint density at radius 3 is 2.67 bits per heavy atom. The molecule has 0 bridgehead atoms. The smallest absolute Gasteiger partial charge is 0.238 e. The molecule has 0 aliphatic carbocycles. The van der Waals surface area contributed by atoms with E-state index in [0.717, 1.165) is 6.42 Å². The zero-order valence-electron chi connectivity index (χ0n) is 4.86. The van der Waals surface area contributed by atoms with Crippen molar-refractivity contribution in [2.24, 2.45) is 5.11 Å². The zero-order valence-corrected chi connectivity index (χ0v) is 4.86. The van der Waals surface area contributed by atoms with E-state index >= 15 is 0 Å². The third kappa shape index (κ3) is 1.89. The molecule has 1 heterocycles. The van der Waals surface area contributed by atoms with Crippen LogP contribution in [0.2, 0.25) is 0 Å². The summed E-state index contributed by atoms with van der Waals surface area (Å²) in [5.41, 5.74) is 7.92. The summed E-state index contributed by atoms with van der Waals surface area (Å²) >= 11 is 0. The van der Waals surface area contributed by atoms with Gasteiger partial charge in [-0.05, 0) is 17.1 Å². The minimum Gasteiger partial charge on any atom is -0.347 e. The summed E-state index contributed by atoms with van der Waals surface area (Å²) in [6.07, 6.45) is 0.181. The molecule has 1 fully saturated rings. The first-order valence-corrected chi connectivity index (χ1v) is 2.71. The van der Waals surface area contributed by atoms with Gasteiger partial charge in [0.2, 0.25) is 6.41 Å². The second-order valence-corrected chi connectivity index (χ2v) is 1.61. The molecule has 9 heavy (non-hydrogen) atoms. The highest BCUT2D eigenvalue weighted by Crippen LogP contribution is 2.04. The number of azide groups is 1. The molecule has 0 amide bonds. The van der Waals surface area contributed by atoms with Crippen LogP contribution in [0, 0.1) is 0 Å². The molecule has 5 nitrogen and oxygen atoms in total. The third-order valence-electron chi connectivity index (χ3n) is 0.955. The van der Waals surface area contributed by atoms with Gasteiger partial charge in [0.25, 0.3) is 0 Å². The fourth-order valence-electron chi connectivity index (χ4n) is 0.584. The van der Waals surface area contributed by atoms with Crippen molar-refractivity contribution in [3.8, 4) is 0 Å². The lowest BCUT2D eigenvalue weighted by Gasteiger charge is -2.17. The van der Waals surface area contributed by atoms with Crippen molar-refractivity contribution in [3.05, 3.63) is 10.4 Å². The number of nitrogens with zero attached hydrogens (tertiary/aromatic N) is 3. The van der Waals surface area contributed by atoms with Crippen molar-refractivity contribution in [1.82, 2.24) is 0 Å². The summed E-state index contributed by atoms with van der Waals surface area (Å²) in [6, 6.07) is 0. The number of hydrogen-bond donors (Lipinski definition) is 0. The Morgan fingerprint density at radius 2 is 2.11 bits per heavy atom. The average molecular weight is 129 g/mol. The van der Waals surface area contributed by atoms with E-state index in [9.17, 15) is 0 Å². The maximum atomic E-state index is 7.92. The van der Waals surface area contributed by atoms with Crippen LogP contribution in [0.5, 0.6) is 0 Å². The Morgan fingerprint density at radius 1 is 1.44 bits per heavy atom. The van der Waals surface area contributed by atoms with E-state index in [1.54, 1.807) is 0 Å². The van der Waals surface area contributed by atoms with Gasteiger partial charge in [-0.1, -0.05) is 0 Å². The molecule has 0 radical (unpaired) electrons. The molecule has 1 saturated heterocycles. The van der Waals surface area contributed by atoms with Crippen molar-refractivity contribution in [1.29, 1.82) is 0 Å². The molecule has 5 heteroatoms. The molecule has 50 valence electrons. The first-order chi connectivity index (χ1) is 4.43. The van der Waals surface area contributed by atoms with Gasteiger partial charge in [0.05, 0.1) is 13.2 Å². The minimum absolute atomic E-state index is 0.615. The van der Waals surface area contributed by atoms with Gasteiger partial charge in [-0.2, -0.15) is 0 Å². The Labute approximate surface area is 52.2 Å². The fraction of sp³-hybridized carbons (Fsp3) is 1.00. The Kier molecular flexibility index (Phi) is 2.32. The van der Waals surface area contributed by atoms with Crippen molar-refractivity contribution < 1.29 is 9.47 Å². The van der Waals surface area contributed by atoms with Crippen LogP contribution in [0.15, 0.2) is 5.11 Å². The lowest BCUT2D eigenvalue weighted by atomic mass is 10.5. The van der Waals surface area contributed by atoms with Crippen molar-refractivity contribution in [2.75, 3.05) is 13.2 Å². The normalized spacial score (nSPS) is 20.9. The van der Waals surface area contributed by atoms with Gasteiger partial charge in [0, 0.05) is 4.91 Å². The van der Waals surface area contributed by atoms with Gasteiger partial charge >= 0.3 is 0 Å². The highest BCUT2D eigenvalue weighted by Gasteiger charge is 2.10. The van der Waals surface area contributed by atoms with E-state index < -0.39 is 6.41 Å². The van der Waals surface area contributed by atoms with E-state index in [0.29, 0.717) is 13.2 Å². The average Bonchev–Trinajstić information content (AvgIpc) is 1.91. The van der Waals surface area contributed by atoms with Crippen LogP contribution < -0.4 is 0 Å². The molecule has 0 N–H and O–H groups in total. The summed E-state index contributed by atoms with van der Waals surface area (Å²) in [4.78, 5) is 2.53. The maximum Gasteiger partial charge on any atom is 0.238 e. The lowest BCUT2D eigenvalue weighted by Crippen LogP contribution is -2.21. The molecule has 1 aliphatic rings. The standard InChI is InChI=1S/C4H7N3O2/c5-7-6-4-8-2-1-3-9-4/h4H,1-3H2. The Balaban J connectivity index is 2.31. The number of ether oxygens (including phenoxy) is 2. The summed E-state index contributed by atoms with van der Waals surface area (Å²) in [5, 5.41) is 3.22. The van der Waals surface area contributed by atoms with Crippen LogP contribution in [0.4, 0.5) is 0 Å². The van der Waals surface area contributed by atoms with E-state index in [1.807, 2.05) is 0 Å². The van der Waals surface area contributed by atoms with E-state index in [-0.39, 0.29) is 0 Å². The topological polar surface area (TPSA) is 67.2 Å². The highest BCUT2D eigenvalue weighted by molar-refractivity contribution is 4.49. The second kappa shape index (κ2) is 3.29. The van der Waals surface area contributed by atoms with Gasteiger partial charge in [-0.15, -0.1) is 0 Å². The third-order valence-corrected chi connectivity index (χ3v) is 0.955. The van der Waals surface area contributed by atoms with Gasteiger partial charge in [-0.3, -0.25) is 0 Å². The summed E-state index contributed by atoms with van der Waals surface area (Å²) in [7, 11) is 0. The molecular weight excluding hydrogens is 122 g/mol. The molecule has 0 aromatic rings. The van der Waals surface area contributed by atoms with Gasteiger partial charge < -0.3 is 9.47 Å². The molecule has 0 aromatic carbocycles. The summed E-state index contributed by atoms with van der Waals surface area (Å²) < 4.78 is 9.75. The molecule has 0 spiro atoms.